The van der Waals surface area contributed by atoms with Crippen LogP contribution in [0.3, 0.4) is 0 Å². The molecule has 5 nitrogen and oxygen atoms in total. The first-order valence-electron chi connectivity index (χ1n) is 7.38. The molecule has 0 saturated carbocycles. The van der Waals surface area contributed by atoms with Crippen molar-refractivity contribution >= 4 is 29.2 Å². The third-order valence-corrected chi connectivity index (χ3v) is 3.70. The fourth-order valence-electron chi connectivity index (χ4n) is 2.07. The number of hydrogen-bond acceptors (Lipinski definition) is 4. The summed E-state index contributed by atoms with van der Waals surface area (Å²) in [5.74, 6) is -0.432. The van der Waals surface area contributed by atoms with Gasteiger partial charge in [0.05, 0.1) is 19.2 Å². The van der Waals surface area contributed by atoms with E-state index in [2.05, 4.69) is 5.32 Å². The van der Waals surface area contributed by atoms with E-state index in [0.29, 0.717) is 22.0 Å². The number of halogens is 1. The first-order valence-corrected chi connectivity index (χ1v) is 7.76. The van der Waals surface area contributed by atoms with Crippen LogP contribution < -0.4 is 10.1 Å². The molecule has 0 radical (unpaired) electrons. The van der Waals surface area contributed by atoms with Crippen LogP contribution in [0.1, 0.15) is 12.5 Å². The molecule has 0 spiro atoms. The maximum atomic E-state index is 12.2. The minimum absolute atomic E-state index is 0.00590. The number of ether oxygens (including phenoxy) is 2. The lowest BCUT2D eigenvalue weighted by Crippen LogP contribution is -2.30. The first kappa shape index (κ1) is 17.8. The highest BCUT2D eigenvalue weighted by atomic mass is 35.5. The van der Waals surface area contributed by atoms with E-state index >= 15 is 0 Å². The summed E-state index contributed by atoms with van der Waals surface area (Å²) >= 11 is 6.01. The highest BCUT2D eigenvalue weighted by molar-refractivity contribution is 6.31. The summed E-state index contributed by atoms with van der Waals surface area (Å²) < 4.78 is 10.3. The van der Waals surface area contributed by atoms with Crippen molar-refractivity contribution in [3.63, 3.8) is 0 Å². The molecular formula is C18H18ClNO4. The largest absolute Gasteiger partial charge is 0.495 e. The zero-order chi connectivity index (χ0) is 17.5. The number of anilines is 1. The van der Waals surface area contributed by atoms with E-state index in [4.69, 9.17) is 21.1 Å². The molecule has 0 heterocycles. The number of benzene rings is 2. The SMILES string of the molecule is COc1ccccc1NC(=O)[C@H](C)OC(=O)Cc1ccccc1Cl. The molecule has 2 aromatic carbocycles. The smallest absolute Gasteiger partial charge is 0.311 e. The molecule has 0 fully saturated rings. The Morgan fingerprint density at radius 2 is 1.79 bits per heavy atom. The summed E-state index contributed by atoms with van der Waals surface area (Å²) in [6.45, 7) is 1.51. The van der Waals surface area contributed by atoms with Gasteiger partial charge >= 0.3 is 5.97 Å². The molecule has 0 aliphatic heterocycles. The van der Waals surface area contributed by atoms with E-state index in [0.717, 1.165) is 0 Å². The highest BCUT2D eigenvalue weighted by Gasteiger charge is 2.19. The summed E-state index contributed by atoms with van der Waals surface area (Å²) in [7, 11) is 1.51. The van der Waals surface area contributed by atoms with E-state index in [1.165, 1.54) is 14.0 Å². The van der Waals surface area contributed by atoms with Gasteiger partial charge in [0, 0.05) is 5.02 Å². The van der Waals surface area contributed by atoms with Gasteiger partial charge in [-0.3, -0.25) is 9.59 Å². The van der Waals surface area contributed by atoms with E-state index in [9.17, 15) is 9.59 Å². The molecule has 0 aromatic heterocycles. The van der Waals surface area contributed by atoms with Gasteiger partial charge in [-0.1, -0.05) is 41.9 Å². The molecule has 1 amide bonds. The summed E-state index contributed by atoms with van der Waals surface area (Å²) in [4.78, 5) is 24.1. The average molecular weight is 348 g/mol. The predicted molar refractivity (Wildman–Crippen MR) is 92.3 cm³/mol. The molecule has 2 rings (SSSR count). The maximum Gasteiger partial charge on any atom is 0.311 e. The van der Waals surface area contributed by atoms with E-state index in [1.54, 1.807) is 48.5 Å². The van der Waals surface area contributed by atoms with Gasteiger partial charge in [-0.05, 0) is 30.7 Å². The van der Waals surface area contributed by atoms with Crippen molar-refractivity contribution in [2.24, 2.45) is 0 Å². The van der Waals surface area contributed by atoms with Crippen molar-refractivity contribution < 1.29 is 19.1 Å². The second-order valence-electron chi connectivity index (χ2n) is 5.09. The number of carbonyl (C=O) groups excluding carboxylic acids is 2. The molecule has 0 saturated heterocycles. The van der Waals surface area contributed by atoms with Crippen molar-refractivity contribution in [3.05, 3.63) is 59.1 Å². The third kappa shape index (κ3) is 4.73. The number of para-hydroxylation sites is 2. The van der Waals surface area contributed by atoms with Crippen molar-refractivity contribution in [2.75, 3.05) is 12.4 Å². The minimum atomic E-state index is -0.940. The number of rotatable bonds is 6. The van der Waals surface area contributed by atoms with Crippen molar-refractivity contribution in [1.29, 1.82) is 0 Å². The monoisotopic (exact) mass is 347 g/mol. The van der Waals surface area contributed by atoms with Gasteiger partial charge in [-0.15, -0.1) is 0 Å². The molecule has 0 aliphatic rings. The number of esters is 1. The zero-order valence-corrected chi connectivity index (χ0v) is 14.2. The Morgan fingerprint density at radius 1 is 1.12 bits per heavy atom. The van der Waals surface area contributed by atoms with E-state index in [-0.39, 0.29) is 6.42 Å². The summed E-state index contributed by atoms with van der Waals surface area (Å²) in [6, 6.07) is 14.0. The molecule has 0 aliphatic carbocycles. The topological polar surface area (TPSA) is 64.6 Å². The minimum Gasteiger partial charge on any atom is -0.495 e. The Bertz CT molecular complexity index is 732. The Labute approximate surface area is 145 Å². The number of nitrogens with one attached hydrogen (secondary N) is 1. The zero-order valence-electron chi connectivity index (χ0n) is 13.4. The van der Waals surface area contributed by atoms with Crippen molar-refractivity contribution in [2.45, 2.75) is 19.4 Å². The average Bonchev–Trinajstić information content (AvgIpc) is 2.57. The Hall–Kier alpha value is -2.53. The van der Waals surface area contributed by atoms with Crippen LogP contribution in [0.25, 0.3) is 0 Å². The summed E-state index contributed by atoms with van der Waals surface area (Å²) in [6.07, 6.45) is -0.934. The molecule has 0 bridgehead atoms. The van der Waals surface area contributed by atoms with Gasteiger partial charge in [0.1, 0.15) is 5.75 Å². The number of methoxy groups -OCH3 is 1. The molecule has 1 N–H and O–H groups in total. The van der Waals surface area contributed by atoms with E-state index < -0.39 is 18.0 Å². The Kier molecular flexibility index (Phi) is 6.21. The standard InChI is InChI=1S/C18H18ClNO4/c1-12(18(22)20-15-9-5-6-10-16(15)23-2)24-17(21)11-13-7-3-4-8-14(13)19/h3-10,12H,11H2,1-2H3,(H,20,22)/t12-/m0/s1. The van der Waals surface area contributed by atoms with Crippen LogP contribution in [0.15, 0.2) is 48.5 Å². The second-order valence-corrected chi connectivity index (χ2v) is 5.50. The Morgan fingerprint density at radius 3 is 2.50 bits per heavy atom. The molecule has 6 heteroatoms. The lowest BCUT2D eigenvalue weighted by Gasteiger charge is -2.15. The van der Waals surface area contributed by atoms with Gasteiger partial charge in [0.15, 0.2) is 6.10 Å². The van der Waals surface area contributed by atoms with Crippen molar-refractivity contribution in [1.82, 2.24) is 0 Å². The van der Waals surface area contributed by atoms with Gasteiger partial charge in [0.25, 0.3) is 5.91 Å². The van der Waals surface area contributed by atoms with Crippen molar-refractivity contribution in [3.8, 4) is 5.75 Å². The third-order valence-electron chi connectivity index (χ3n) is 3.33. The fourth-order valence-corrected chi connectivity index (χ4v) is 2.27. The van der Waals surface area contributed by atoms with Crippen LogP contribution in [0.4, 0.5) is 5.69 Å². The van der Waals surface area contributed by atoms with Crippen LogP contribution in [-0.2, 0) is 20.7 Å². The number of amides is 1. The number of carbonyl (C=O) groups is 2. The summed E-state index contributed by atoms with van der Waals surface area (Å²) in [5, 5.41) is 3.16. The molecular weight excluding hydrogens is 330 g/mol. The van der Waals surface area contributed by atoms with Gasteiger partial charge in [-0.2, -0.15) is 0 Å². The predicted octanol–water partition coefficient (Wildman–Crippen LogP) is 3.46. The molecule has 1 atom stereocenters. The molecule has 126 valence electrons. The quantitative estimate of drug-likeness (QED) is 0.813. The maximum absolute atomic E-state index is 12.2. The number of hydrogen-bond donors (Lipinski definition) is 1. The molecule has 2 aromatic rings. The fraction of sp³-hybridized carbons (Fsp3) is 0.222. The summed E-state index contributed by atoms with van der Waals surface area (Å²) in [5.41, 5.74) is 1.17. The van der Waals surface area contributed by atoms with Gasteiger partial charge < -0.3 is 14.8 Å². The van der Waals surface area contributed by atoms with Crippen LogP contribution >= 0.6 is 11.6 Å². The van der Waals surface area contributed by atoms with Gasteiger partial charge in [0.2, 0.25) is 0 Å². The lowest BCUT2D eigenvalue weighted by molar-refractivity contribution is -0.152. The van der Waals surface area contributed by atoms with E-state index in [1.807, 2.05) is 0 Å². The molecule has 24 heavy (non-hydrogen) atoms. The lowest BCUT2D eigenvalue weighted by atomic mass is 10.1. The second kappa shape index (κ2) is 8.36. The van der Waals surface area contributed by atoms with Crippen LogP contribution in [0.5, 0.6) is 5.75 Å². The Balaban J connectivity index is 1.94. The molecule has 0 unspecified atom stereocenters. The van der Waals surface area contributed by atoms with Crippen LogP contribution in [-0.4, -0.2) is 25.1 Å². The van der Waals surface area contributed by atoms with Crippen LogP contribution in [0, 0.1) is 0 Å². The first-order chi connectivity index (χ1) is 11.5. The normalized spacial score (nSPS) is 11.5. The highest BCUT2D eigenvalue weighted by Crippen LogP contribution is 2.23. The van der Waals surface area contributed by atoms with Gasteiger partial charge in [-0.25, -0.2) is 0 Å². The van der Waals surface area contributed by atoms with Crippen LogP contribution in [0.2, 0.25) is 5.02 Å².